The minimum Gasteiger partial charge on any atom is -0.478 e. The second-order valence-electron chi connectivity index (χ2n) is 5.30. The summed E-state index contributed by atoms with van der Waals surface area (Å²) in [6.45, 7) is 7.28. The highest BCUT2D eigenvalue weighted by molar-refractivity contribution is 5.90. The van der Waals surface area contributed by atoms with E-state index in [9.17, 15) is 4.79 Å². The van der Waals surface area contributed by atoms with E-state index in [2.05, 4.69) is 24.1 Å². The highest BCUT2D eigenvalue weighted by Crippen LogP contribution is 2.16. The number of ether oxygens (including phenoxy) is 1. The van der Waals surface area contributed by atoms with E-state index in [0.717, 1.165) is 6.42 Å². The summed E-state index contributed by atoms with van der Waals surface area (Å²) in [5.74, 6) is 1.31. The zero-order valence-corrected chi connectivity index (χ0v) is 12.6. The van der Waals surface area contributed by atoms with E-state index in [4.69, 9.17) is 10.5 Å². The number of aromatic nitrogens is 1. The molecule has 1 aromatic heterocycles. The van der Waals surface area contributed by atoms with Gasteiger partial charge in [0.05, 0.1) is 18.5 Å². The van der Waals surface area contributed by atoms with Crippen molar-refractivity contribution < 1.29 is 9.53 Å². The zero-order valence-electron chi connectivity index (χ0n) is 12.6. The number of carbonyl (C=O) groups excluding carboxylic acids is 1. The number of rotatable bonds is 8. The third-order valence-corrected chi connectivity index (χ3v) is 2.92. The van der Waals surface area contributed by atoms with Gasteiger partial charge in [-0.1, -0.05) is 13.8 Å². The highest BCUT2D eigenvalue weighted by atomic mass is 16.5. The summed E-state index contributed by atoms with van der Waals surface area (Å²) in [6, 6.07) is 3.53. The first kappa shape index (κ1) is 16.4. The van der Waals surface area contributed by atoms with Crippen LogP contribution in [-0.4, -0.2) is 24.0 Å². The van der Waals surface area contributed by atoms with Crippen molar-refractivity contribution in [2.75, 3.05) is 18.5 Å². The molecule has 1 atom stereocenters. The van der Waals surface area contributed by atoms with Crippen LogP contribution in [0, 0.1) is 11.8 Å². The van der Waals surface area contributed by atoms with Gasteiger partial charge in [-0.25, -0.2) is 4.98 Å². The van der Waals surface area contributed by atoms with Gasteiger partial charge in [-0.2, -0.15) is 0 Å². The summed E-state index contributed by atoms with van der Waals surface area (Å²) in [5.41, 5.74) is 6.39. The van der Waals surface area contributed by atoms with Gasteiger partial charge >= 0.3 is 0 Å². The summed E-state index contributed by atoms with van der Waals surface area (Å²) in [7, 11) is 0. The van der Waals surface area contributed by atoms with Crippen LogP contribution in [-0.2, 0) is 4.79 Å². The number of nitrogens with zero attached hydrogens (tertiary/aromatic N) is 1. The summed E-state index contributed by atoms with van der Waals surface area (Å²) in [6.07, 6.45) is 3.01. The average Bonchev–Trinajstić information content (AvgIpc) is 2.40. The van der Waals surface area contributed by atoms with Crippen LogP contribution in [0.25, 0.3) is 0 Å². The van der Waals surface area contributed by atoms with Crippen molar-refractivity contribution in [3.05, 3.63) is 18.3 Å². The van der Waals surface area contributed by atoms with Gasteiger partial charge in [0, 0.05) is 12.5 Å². The molecule has 0 spiro atoms. The molecule has 112 valence electrons. The molecule has 5 heteroatoms. The number of pyridine rings is 1. The molecule has 0 bridgehead atoms. The van der Waals surface area contributed by atoms with Gasteiger partial charge in [-0.3, -0.25) is 4.79 Å². The summed E-state index contributed by atoms with van der Waals surface area (Å²) >= 11 is 0. The average molecular weight is 279 g/mol. The van der Waals surface area contributed by atoms with E-state index in [0.29, 0.717) is 37.1 Å². The molecule has 1 amide bonds. The maximum Gasteiger partial charge on any atom is 0.224 e. The topological polar surface area (TPSA) is 77.2 Å². The molecule has 0 fully saturated rings. The van der Waals surface area contributed by atoms with E-state index in [1.807, 2.05) is 6.92 Å². The van der Waals surface area contributed by atoms with E-state index >= 15 is 0 Å². The van der Waals surface area contributed by atoms with E-state index in [1.165, 1.54) is 0 Å². The molecule has 20 heavy (non-hydrogen) atoms. The first-order valence-electron chi connectivity index (χ1n) is 7.13. The molecule has 1 heterocycles. The Bertz CT molecular complexity index is 404. The second kappa shape index (κ2) is 8.53. The summed E-state index contributed by atoms with van der Waals surface area (Å²) in [4.78, 5) is 16.1. The third-order valence-electron chi connectivity index (χ3n) is 2.92. The molecule has 0 aliphatic heterocycles. The molecule has 1 aromatic rings. The van der Waals surface area contributed by atoms with Gasteiger partial charge in [0.25, 0.3) is 0 Å². The maximum atomic E-state index is 11.9. The van der Waals surface area contributed by atoms with Crippen LogP contribution in [0.15, 0.2) is 18.3 Å². The molecular weight excluding hydrogens is 254 g/mol. The fourth-order valence-electron chi connectivity index (χ4n) is 2.09. The Morgan fingerprint density at radius 1 is 1.45 bits per heavy atom. The van der Waals surface area contributed by atoms with Gasteiger partial charge < -0.3 is 15.8 Å². The van der Waals surface area contributed by atoms with Crippen molar-refractivity contribution in [2.45, 2.75) is 33.6 Å². The first-order chi connectivity index (χ1) is 9.55. The maximum absolute atomic E-state index is 11.9. The van der Waals surface area contributed by atoms with Gasteiger partial charge in [0.15, 0.2) is 0 Å². The minimum absolute atomic E-state index is 0.0212. The molecule has 0 radical (unpaired) electrons. The summed E-state index contributed by atoms with van der Waals surface area (Å²) in [5, 5.41) is 2.84. The smallest absolute Gasteiger partial charge is 0.224 e. The van der Waals surface area contributed by atoms with Gasteiger partial charge in [0.1, 0.15) is 0 Å². The van der Waals surface area contributed by atoms with Crippen molar-refractivity contribution in [2.24, 2.45) is 17.6 Å². The SMILES string of the molecule is CCOc1ccc(NC(=O)C[C@@H](CN)CC(C)C)cn1. The second-order valence-corrected chi connectivity index (χ2v) is 5.30. The van der Waals surface area contributed by atoms with E-state index in [1.54, 1.807) is 18.3 Å². The highest BCUT2D eigenvalue weighted by Gasteiger charge is 2.14. The number of amides is 1. The van der Waals surface area contributed by atoms with Crippen LogP contribution in [0.5, 0.6) is 5.88 Å². The Hall–Kier alpha value is -1.62. The van der Waals surface area contributed by atoms with Gasteiger partial charge in [-0.05, 0) is 37.8 Å². The van der Waals surface area contributed by atoms with Crippen molar-refractivity contribution >= 4 is 11.6 Å². The Balaban J connectivity index is 2.48. The van der Waals surface area contributed by atoms with Crippen LogP contribution in [0.1, 0.15) is 33.6 Å². The fraction of sp³-hybridized carbons (Fsp3) is 0.600. The zero-order chi connectivity index (χ0) is 15.0. The first-order valence-corrected chi connectivity index (χ1v) is 7.13. The Kier molecular flexibility index (Phi) is 7.01. The lowest BCUT2D eigenvalue weighted by atomic mass is 9.94. The van der Waals surface area contributed by atoms with Crippen molar-refractivity contribution in [1.82, 2.24) is 4.98 Å². The van der Waals surface area contributed by atoms with Crippen molar-refractivity contribution in [3.8, 4) is 5.88 Å². The molecule has 5 nitrogen and oxygen atoms in total. The van der Waals surface area contributed by atoms with E-state index < -0.39 is 0 Å². The van der Waals surface area contributed by atoms with Crippen molar-refractivity contribution in [3.63, 3.8) is 0 Å². The molecule has 0 aromatic carbocycles. The van der Waals surface area contributed by atoms with Crippen LogP contribution < -0.4 is 15.8 Å². The van der Waals surface area contributed by atoms with Crippen LogP contribution in [0.2, 0.25) is 0 Å². The molecule has 0 aliphatic carbocycles. The number of hydrogen-bond donors (Lipinski definition) is 2. The van der Waals surface area contributed by atoms with E-state index in [-0.39, 0.29) is 11.8 Å². The summed E-state index contributed by atoms with van der Waals surface area (Å²) < 4.78 is 5.25. The molecule has 0 aliphatic rings. The predicted octanol–water partition coefficient (Wildman–Crippen LogP) is 2.43. The number of nitrogens with one attached hydrogen (secondary N) is 1. The monoisotopic (exact) mass is 279 g/mol. The lowest BCUT2D eigenvalue weighted by Crippen LogP contribution is -2.23. The van der Waals surface area contributed by atoms with Crippen LogP contribution in [0.3, 0.4) is 0 Å². The molecule has 3 N–H and O–H groups in total. The van der Waals surface area contributed by atoms with Crippen LogP contribution >= 0.6 is 0 Å². The number of anilines is 1. The van der Waals surface area contributed by atoms with Gasteiger partial charge in [-0.15, -0.1) is 0 Å². The molecule has 1 rings (SSSR count). The quantitative estimate of drug-likeness (QED) is 0.766. The van der Waals surface area contributed by atoms with Crippen LogP contribution in [0.4, 0.5) is 5.69 Å². The molecular formula is C15H25N3O2. The fourth-order valence-corrected chi connectivity index (χ4v) is 2.09. The molecule has 0 saturated carbocycles. The normalized spacial score (nSPS) is 12.2. The van der Waals surface area contributed by atoms with Crippen molar-refractivity contribution in [1.29, 1.82) is 0 Å². The minimum atomic E-state index is -0.0212. The standard InChI is InChI=1S/C15H25N3O2/c1-4-20-15-6-5-13(10-17-15)18-14(19)8-12(9-16)7-11(2)3/h5-6,10-12H,4,7-9,16H2,1-3H3,(H,18,19)/t12-/m0/s1. The number of carbonyl (C=O) groups is 1. The Morgan fingerprint density at radius 2 is 2.20 bits per heavy atom. The third kappa shape index (κ3) is 6.02. The Morgan fingerprint density at radius 3 is 2.70 bits per heavy atom. The lowest BCUT2D eigenvalue weighted by Gasteiger charge is -2.16. The number of hydrogen-bond acceptors (Lipinski definition) is 4. The number of nitrogens with two attached hydrogens (primary N) is 1. The molecule has 0 saturated heterocycles. The predicted molar refractivity (Wildman–Crippen MR) is 80.7 cm³/mol. The lowest BCUT2D eigenvalue weighted by molar-refractivity contribution is -0.117. The Labute approximate surface area is 120 Å². The van der Waals surface area contributed by atoms with Gasteiger partial charge in [0.2, 0.25) is 11.8 Å². The molecule has 0 unspecified atom stereocenters. The largest absolute Gasteiger partial charge is 0.478 e.